The van der Waals surface area contributed by atoms with E-state index in [4.69, 9.17) is 10.2 Å². The summed E-state index contributed by atoms with van der Waals surface area (Å²) in [6, 6.07) is 0.166. The Kier molecular flexibility index (Phi) is 5.19. The van der Waals surface area contributed by atoms with Crippen LogP contribution in [0.1, 0.15) is 35.1 Å². The summed E-state index contributed by atoms with van der Waals surface area (Å²) in [5, 5.41) is 19.7. The van der Waals surface area contributed by atoms with Gasteiger partial charge in [-0.25, -0.2) is 9.78 Å². The highest BCUT2D eigenvalue weighted by molar-refractivity contribution is 5.97. The van der Waals surface area contributed by atoms with Crippen molar-refractivity contribution in [3.05, 3.63) is 35.3 Å². The molecule has 140 valence electrons. The molecular formula is C15H14F3N3O5. The maximum atomic E-state index is 12.9. The molecule has 3 N–H and O–H groups in total. The zero-order valence-corrected chi connectivity index (χ0v) is 13.4. The van der Waals surface area contributed by atoms with E-state index in [-0.39, 0.29) is 23.5 Å². The molecule has 0 saturated carbocycles. The number of carboxylic acids is 2. The number of nitrogens with one attached hydrogen (secondary N) is 1. The lowest BCUT2D eigenvalue weighted by molar-refractivity contribution is -0.145. The van der Waals surface area contributed by atoms with Gasteiger partial charge in [-0.15, -0.1) is 0 Å². The van der Waals surface area contributed by atoms with Gasteiger partial charge in [0, 0.05) is 6.20 Å². The monoisotopic (exact) mass is 373 g/mol. The largest absolute Gasteiger partial charge is 0.481 e. The molecule has 0 aliphatic carbocycles. The lowest BCUT2D eigenvalue weighted by atomic mass is 10.2. The van der Waals surface area contributed by atoms with Crippen LogP contribution in [0.15, 0.2) is 18.3 Å². The number of fused-ring (bicyclic) bond motifs is 1. The number of hydrogen-bond acceptors (Lipinski definition) is 4. The van der Waals surface area contributed by atoms with Crippen LogP contribution in [0.5, 0.6) is 0 Å². The lowest BCUT2D eigenvalue weighted by Crippen LogP contribution is -2.42. The Labute approximate surface area is 144 Å². The molecule has 2 aromatic rings. The van der Waals surface area contributed by atoms with E-state index in [1.807, 2.05) is 5.32 Å². The van der Waals surface area contributed by atoms with Gasteiger partial charge in [-0.05, 0) is 18.6 Å². The Hall–Kier alpha value is -3.11. The highest BCUT2D eigenvalue weighted by Gasteiger charge is 2.32. The average molecular weight is 373 g/mol. The predicted molar refractivity (Wildman–Crippen MR) is 80.7 cm³/mol. The summed E-state index contributed by atoms with van der Waals surface area (Å²) in [5.41, 5.74) is -1.06. The van der Waals surface area contributed by atoms with Crippen molar-refractivity contribution in [2.24, 2.45) is 0 Å². The normalized spacial score (nSPS) is 12.8. The van der Waals surface area contributed by atoms with E-state index in [1.54, 1.807) is 6.92 Å². The van der Waals surface area contributed by atoms with Gasteiger partial charge in [0.25, 0.3) is 5.91 Å². The predicted octanol–water partition coefficient (Wildman–Crippen LogP) is 1.57. The summed E-state index contributed by atoms with van der Waals surface area (Å²) in [5.74, 6) is -4.06. The molecule has 0 aliphatic rings. The molecule has 26 heavy (non-hydrogen) atoms. The number of amides is 1. The number of rotatable bonds is 6. The number of carbonyl (C=O) groups is 3. The van der Waals surface area contributed by atoms with E-state index in [0.29, 0.717) is 6.20 Å². The highest BCUT2D eigenvalue weighted by atomic mass is 19.4. The van der Waals surface area contributed by atoms with Crippen LogP contribution in [-0.2, 0) is 22.2 Å². The van der Waals surface area contributed by atoms with Crippen LogP contribution in [0, 0.1) is 0 Å². The molecule has 0 bridgehead atoms. The van der Waals surface area contributed by atoms with Gasteiger partial charge in [0.2, 0.25) is 0 Å². The van der Waals surface area contributed by atoms with Crippen LogP contribution in [0.4, 0.5) is 13.2 Å². The second kappa shape index (κ2) is 7.02. The lowest BCUT2D eigenvalue weighted by Gasteiger charge is -2.13. The topological polar surface area (TPSA) is 121 Å². The molecule has 2 rings (SSSR count). The molecule has 2 aromatic heterocycles. The first-order valence-electron chi connectivity index (χ1n) is 7.38. The van der Waals surface area contributed by atoms with Crippen LogP contribution in [0.25, 0.3) is 5.65 Å². The molecule has 2 heterocycles. The number of aromatic nitrogens is 2. The zero-order chi connectivity index (χ0) is 19.6. The first kappa shape index (κ1) is 19.2. The minimum atomic E-state index is -4.65. The minimum absolute atomic E-state index is 0.0742. The van der Waals surface area contributed by atoms with Gasteiger partial charge >= 0.3 is 18.1 Å². The van der Waals surface area contributed by atoms with Crippen molar-refractivity contribution in [2.45, 2.75) is 32.0 Å². The SMILES string of the molecule is CCc1nc2ccc(C(F)(F)F)cn2c1C(=O)NC(CC(=O)O)C(=O)O. The third kappa shape index (κ3) is 3.92. The first-order valence-corrected chi connectivity index (χ1v) is 7.38. The standard InChI is InChI=1S/C15H14F3N3O5/c1-2-8-12(13(24)20-9(14(25)26)5-11(22)23)21-6-7(15(16,17)18)3-4-10(21)19-8/h3-4,6,9H,2,5H2,1H3,(H,20,24)(H,22,23)(H,25,26). The van der Waals surface area contributed by atoms with Crippen LogP contribution < -0.4 is 5.32 Å². The molecule has 0 fully saturated rings. The summed E-state index contributed by atoms with van der Waals surface area (Å²) in [4.78, 5) is 38.3. The van der Waals surface area contributed by atoms with Crippen molar-refractivity contribution >= 4 is 23.5 Å². The maximum Gasteiger partial charge on any atom is 0.417 e. The second-order valence-electron chi connectivity index (χ2n) is 5.37. The summed E-state index contributed by atoms with van der Waals surface area (Å²) in [6.45, 7) is 1.62. The van der Waals surface area contributed by atoms with Crippen molar-refractivity contribution in [1.82, 2.24) is 14.7 Å². The van der Waals surface area contributed by atoms with Gasteiger partial charge in [0.15, 0.2) is 0 Å². The van der Waals surface area contributed by atoms with Gasteiger partial charge in [0.1, 0.15) is 17.4 Å². The number of imidazole rings is 1. The van der Waals surface area contributed by atoms with Crippen molar-refractivity contribution in [1.29, 1.82) is 0 Å². The number of carbonyl (C=O) groups excluding carboxylic acids is 1. The zero-order valence-electron chi connectivity index (χ0n) is 13.4. The Balaban J connectivity index is 2.50. The molecule has 0 radical (unpaired) electrons. The van der Waals surface area contributed by atoms with E-state index in [0.717, 1.165) is 16.5 Å². The average Bonchev–Trinajstić information content (AvgIpc) is 2.90. The Morgan fingerprint density at radius 1 is 1.27 bits per heavy atom. The molecule has 0 saturated heterocycles. The van der Waals surface area contributed by atoms with Crippen molar-refractivity contribution < 1.29 is 37.8 Å². The number of aliphatic carboxylic acids is 2. The van der Waals surface area contributed by atoms with Crippen LogP contribution >= 0.6 is 0 Å². The van der Waals surface area contributed by atoms with E-state index >= 15 is 0 Å². The second-order valence-corrected chi connectivity index (χ2v) is 5.37. The maximum absolute atomic E-state index is 12.9. The summed E-state index contributed by atoms with van der Waals surface area (Å²) in [7, 11) is 0. The number of hydrogen-bond donors (Lipinski definition) is 3. The number of nitrogens with zero attached hydrogens (tertiary/aromatic N) is 2. The summed E-state index contributed by atoms with van der Waals surface area (Å²) >= 11 is 0. The van der Waals surface area contributed by atoms with Gasteiger partial charge in [-0.3, -0.25) is 14.0 Å². The fourth-order valence-corrected chi connectivity index (χ4v) is 2.35. The molecule has 1 unspecified atom stereocenters. The first-order chi connectivity index (χ1) is 12.0. The van der Waals surface area contributed by atoms with Crippen molar-refractivity contribution in [2.75, 3.05) is 0 Å². The Morgan fingerprint density at radius 2 is 1.92 bits per heavy atom. The number of carboxylic acid groups (broad SMARTS) is 2. The van der Waals surface area contributed by atoms with Crippen LogP contribution in [0.3, 0.4) is 0 Å². The summed E-state index contributed by atoms with van der Waals surface area (Å²) < 4.78 is 39.7. The van der Waals surface area contributed by atoms with Crippen LogP contribution in [0.2, 0.25) is 0 Å². The molecule has 11 heteroatoms. The van der Waals surface area contributed by atoms with Gasteiger partial charge in [-0.2, -0.15) is 13.2 Å². The Bertz CT molecular complexity index is 875. The van der Waals surface area contributed by atoms with E-state index in [1.165, 1.54) is 0 Å². The van der Waals surface area contributed by atoms with E-state index in [9.17, 15) is 27.6 Å². The molecule has 1 amide bonds. The Morgan fingerprint density at radius 3 is 2.42 bits per heavy atom. The smallest absolute Gasteiger partial charge is 0.417 e. The van der Waals surface area contributed by atoms with Crippen LogP contribution in [-0.4, -0.2) is 43.5 Å². The summed E-state index contributed by atoms with van der Waals surface area (Å²) in [6.07, 6.45) is -4.65. The molecular weight excluding hydrogens is 359 g/mol. The molecule has 8 nitrogen and oxygen atoms in total. The number of alkyl halides is 3. The van der Waals surface area contributed by atoms with Crippen molar-refractivity contribution in [3.8, 4) is 0 Å². The third-order valence-electron chi connectivity index (χ3n) is 3.55. The fourth-order valence-electron chi connectivity index (χ4n) is 2.35. The number of aryl methyl sites for hydroxylation is 1. The minimum Gasteiger partial charge on any atom is -0.481 e. The quantitative estimate of drug-likeness (QED) is 0.707. The third-order valence-corrected chi connectivity index (χ3v) is 3.55. The highest BCUT2D eigenvalue weighted by Crippen LogP contribution is 2.30. The number of halogens is 3. The van der Waals surface area contributed by atoms with Gasteiger partial charge < -0.3 is 15.5 Å². The molecule has 0 aliphatic heterocycles. The molecule has 0 spiro atoms. The van der Waals surface area contributed by atoms with Gasteiger partial charge in [-0.1, -0.05) is 6.92 Å². The van der Waals surface area contributed by atoms with Crippen molar-refractivity contribution in [3.63, 3.8) is 0 Å². The van der Waals surface area contributed by atoms with E-state index in [2.05, 4.69) is 4.98 Å². The number of pyridine rings is 1. The molecule has 1 atom stereocenters. The van der Waals surface area contributed by atoms with Gasteiger partial charge in [0.05, 0.1) is 17.7 Å². The molecule has 0 aromatic carbocycles. The van der Waals surface area contributed by atoms with E-state index < -0.39 is 42.0 Å². The fraction of sp³-hybridized carbons (Fsp3) is 0.333.